The molecule has 0 saturated heterocycles. The summed E-state index contributed by atoms with van der Waals surface area (Å²) in [6.07, 6.45) is 1.16. The highest BCUT2D eigenvalue weighted by Gasteiger charge is 2.14. The van der Waals surface area contributed by atoms with Crippen molar-refractivity contribution in [1.29, 1.82) is 0 Å². The van der Waals surface area contributed by atoms with Gasteiger partial charge < -0.3 is 10.2 Å². The average molecular weight is 258 g/mol. The van der Waals surface area contributed by atoms with Gasteiger partial charge in [-0.15, -0.1) is 0 Å². The molecule has 3 nitrogen and oxygen atoms in total. The highest BCUT2D eigenvalue weighted by molar-refractivity contribution is 9.10. The zero-order valence-electron chi connectivity index (χ0n) is 6.88. The predicted octanol–water partition coefficient (Wildman–Crippen LogP) is 2.43. The van der Waals surface area contributed by atoms with Crippen molar-refractivity contribution >= 4 is 32.8 Å². The molecule has 14 heavy (non-hydrogen) atoms. The zero-order valence-corrected chi connectivity index (χ0v) is 8.47. The third kappa shape index (κ3) is 1.29. The number of furan rings is 1. The molecule has 1 heterocycles. The molecule has 5 heteroatoms. The number of amides is 1. The Balaban J connectivity index is 2.85. The van der Waals surface area contributed by atoms with Gasteiger partial charge in [0.15, 0.2) is 11.4 Å². The Bertz CT molecular complexity index is 521. The van der Waals surface area contributed by atoms with E-state index >= 15 is 0 Å². The van der Waals surface area contributed by atoms with Crippen LogP contribution in [0.4, 0.5) is 4.39 Å². The molecule has 0 atom stereocenters. The Morgan fingerprint density at radius 1 is 1.50 bits per heavy atom. The van der Waals surface area contributed by atoms with Gasteiger partial charge >= 0.3 is 0 Å². The molecule has 72 valence electrons. The molecule has 0 radical (unpaired) electrons. The number of fused-ring (bicyclic) bond motifs is 1. The van der Waals surface area contributed by atoms with E-state index in [9.17, 15) is 9.18 Å². The number of rotatable bonds is 1. The molecule has 0 spiro atoms. The number of hydrogen-bond acceptors (Lipinski definition) is 2. The van der Waals surface area contributed by atoms with Crippen molar-refractivity contribution in [2.45, 2.75) is 0 Å². The van der Waals surface area contributed by atoms with Gasteiger partial charge in [-0.3, -0.25) is 4.79 Å². The van der Waals surface area contributed by atoms with Crippen LogP contribution in [0.2, 0.25) is 0 Å². The SMILES string of the molecule is NC(=O)c1coc2c(F)cc(Br)cc12. The van der Waals surface area contributed by atoms with Crippen molar-refractivity contribution in [3.05, 3.63) is 34.2 Å². The summed E-state index contributed by atoms with van der Waals surface area (Å²) < 4.78 is 18.7. The molecule has 0 unspecified atom stereocenters. The molecule has 1 aromatic carbocycles. The van der Waals surface area contributed by atoms with E-state index in [0.29, 0.717) is 9.86 Å². The zero-order chi connectivity index (χ0) is 10.3. The van der Waals surface area contributed by atoms with Gasteiger partial charge in [-0.25, -0.2) is 4.39 Å². The highest BCUT2D eigenvalue weighted by Crippen LogP contribution is 2.27. The molecule has 0 bridgehead atoms. The Morgan fingerprint density at radius 2 is 2.21 bits per heavy atom. The van der Waals surface area contributed by atoms with Crippen molar-refractivity contribution in [2.24, 2.45) is 5.73 Å². The minimum atomic E-state index is -0.638. The minimum absolute atomic E-state index is 0.0435. The molecule has 1 aromatic heterocycles. The van der Waals surface area contributed by atoms with E-state index in [-0.39, 0.29) is 11.1 Å². The predicted molar refractivity (Wildman–Crippen MR) is 52.4 cm³/mol. The summed E-state index contributed by atoms with van der Waals surface area (Å²) >= 11 is 3.12. The second kappa shape index (κ2) is 3.09. The van der Waals surface area contributed by atoms with Crippen LogP contribution in [0.3, 0.4) is 0 Å². The molecule has 2 N–H and O–H groups in total. The van der Waals surface area contributed by atoms with Gasteiger partial charge in [-0.05, 0) is 12.1 Å². The molecule has 0 aliphatic heterocycles. The molecule has 2 aromatic rings. The fourth-order valence-electron chi connectivity index (χ4n) is 1.25. The van der Waals surface area contributed by atoms with Crippen LogP contribution < -0.4 is 5.73 Å². The highest BCUT2D eigenvalue weighted by atomic mass is 79.9. The van der Waals surface area contributed by atoms with Crippen LogP contribution in [0, 0.1) is 5.82 Å². The molecule has 0 aliphatic rings. The van der Waals surface area contributed by atoms with Gasteiger partial charge in [0, 0.05) is 9.86 Å². The maximum Gasteiger partial charge on any atom is 0.252 e. The Hall–Kier alpha value is -1.36. The Morgan fingerprint density at radius 3 is 2.86 bits per heavy atom. The van der Waals surface area contributed by atoms with Gasteiger partial charge in [-0.1, -0.05) is 15.9 Å². The molecule has 1 amide bonds. The van der Waals surface area contributed by atoms with Crippen LogP contribution >= 0.6 is 15.9 Å². The fourth-order valence-corrected chi connectivity index (χ4v) is 1.68. The van der Waals surface area contributed by atoms with Crippen LogP contribution in [0.5, 0.6) is 0 Å². The van der Waals surface area contributed by atoms with Gasteiger partial charge in [0.05, 0.1) is 5.56 Å². The largest absolute Gasteiger partial charge is 0.460 e. The number of hydrogen-bond donors (Lipinski definition) is 1. The van der Waals surface area contributed by atoms with Crippen LogP contribution in [0.15, 0.2) is 27.3 Å². The van der Waals surface area contributed by atoms with E-state index < -0.39 is 11.7 Å². The first-order chi connectivity index (χ1) is 6.59. The van der Waals surface area contributed by atoms with Crippen molar-refractivity contribution in [3.63, 3.8) is 0 Å². The van der Waals surface area contributed by atoms with Crippen LogP contribution in [0.1, 0.15) is 10.4 Å². The molecular formula is C9H5BrFNO2. The van der Waals surface area contributed by atoms with Gasteiger partial charge in [-0.2, -0.15) is 0 Å². The number of carbonyl (C=O) groups is 1. The lowest BCUT2D eigenvalue weighted by Gasteiger charge is -1.94. The molecule has 0 aliphatic carbocycles. The average Bonchev–Trinajstić information content (AvgIpc) is 2.47. The molecule has 2 rings (SSSR count). The summed E-state index contributed by atoms with van der Waals surface area (Å²) in [7, 11) is 0. The normalized spacial score (nSPS) is 10.7. The smallest absolute Gasteiger partial charge is 0.252 e. The number of primary amides is 1. The van der Waals surface area contributed by atoms with E-state index in [1.807, 2.05) is 0 Å². The lowest BCUT2D eigenvalue weighted by molar-refractivity contribution is 0.100. The first-order valence-electron chi connectivity index (χ1n) is 3.75. The summed E-state index contributed by atoms with van der Waals surface area (Å²) in [4.78, 5) is 10.9. The number of nitrogens with two attached hydrogens (primary N) is 1. The van der Waals surface area contributed by atoms with Gasteiger partial charge in [0.2, 0.25) is 0 Å². The first kappa shape index (κ1) is 9.21. The van der Waals surface area contributed by atoms with Crippen LogP contribution in [-0.2, 0) is 0 Å². The summed E-state index contributed by atoms with van der Waals surface area (Å²) in [5.41, 5.74) is 5.31. The van der Waals surface area contributed by atoms with E-state index in [1.54, 1.807) is 6.07 Å². The lowest BCUT2D eigenvalue weighted by atomic mass is 10.1. The third-order valence-electron chi connectivity index (χ3n) is 1.86. The van der Waals surface area contributed by atoms with E-state index in [4.69, 9.17) is 10.2 Å². The lowest BCUT2D eigenvalue weighted by Crippen LogP contribution is -2.09. The van der Waals surface area contributed by atoms with E-state index in [1.165, 1.54) is 6.07 Å². The second-order valence-electron chi connectivity index (χ2n) is 2.78. The van der Waals surface area contributed by atoms with Crippen molar-refractivity contribution in [3.8, 4) is 0 Å². The summed E-state index contributed by atoms with van der Waals surface area (Å²) in [6.45, 7) is 0. The topological polar surface area (TPSA) is 56.2 Å². The number of halogens is 2. The fraction of sp³-hybridized carbons (Fsp3) is 0. The maximum atomic E-state index is 13.2. The van der Waals surface area contributed by atoms with E-state index in [2.05, 4.69) is 15.9 Å². The summed E-state index contributed by atoms with van der Waals surface area (Å²) in [5.74, 6) is -1.16. The summed E-state index contributed by atoms with van der Waals surface area (Å²) in [6, 6.07) is 2.85. The van der Waals surface area contributed by atoms with Crippen LogP contribution in [0.25, 0.3) is 11.0 Å². The van der Waals surface area contributed by atoms with Gasteiger partial charge in [0.1, 0.15) is 6.26 Å². The minimum Gasteiger partial charge on any atom is -0.460 e. The Labute approximate surface area is 86.8 Å². The number of carbonyl (C=O) groups excluding carboxylic acids is 1. The monoisotopic (exact) mass is 257 g/mol. The quantitative estimate of drug-likeness (QED) is 0.853. The van der Waals surface area contributed by atoms with Gasteiger partial charge in [0.25, 0.3) is 5.91 Å². The second-order valence-corrected chi connectivity index (χ2v) is 3.69. The third-order valence-corrected chi connectivity index (χ3v) is 2.32. The Kier molecular flexibility index (Phi) is 2.03. The number of benzene rings is 1. The molecular weight excluding hydrogens is 253 g/mol. The van der Waals surface area contributed by atoms with Crippen LogP contribution in [-0.4, -0.2) is 5.91 Å². The molecule has 0 fully saturated rings. The molecule has 0 saturated carbocycles. The van der Waals surface area contributed by atoms with Crippen molar-refractivity contribution < 1.29 is 13.6 Å². The standard InChI is InChI=1S/C9H5BrFNO2/c10-4-1-5-6(9(12)13)3-14-8(5)7(11)2-4/h1-3H,(H2,12,13). The van der Waals surface area contributed by atoms with Crippen molar-refractivity contribution in [2.75, 3.05) is 0 Å². The maximum absolute atomic E-state index is 13.2. The van der Waals surface area contributed by atoms with E-state index in [0.717, 1.165) is 6.26 Å². The first-order valence-corrected chi connectivity index (χ1v) is 4.55. The summed E-state index contributed by atoms with van der Waals surface area (Å²) in [5, 5.41) is 0.379. The van der Waals surface area contributed by atoms with Crippen molar-refractivity contribution in [1.82, 2.24) is 0 Å².